The van der Waals surface area contributed by atoms with Gasteiger partial charge in [-0.25, -0.2) is 18.4 Å². The first-order valence-corrected chi connectivity index (χ1v) is 7.10. The van der Waals surface area contributed by atoms with E-state index in [0.717, 1.165) is 0 Å². The number of carboxylic acids is 1. The van der Waals surface area contributed by atoms with Gasteiger partial charge in [-0.15, -0.1) is 0 Å². The zero-order valence-corrected chi connectivity index (χ0v) is 12.6. The van der Waals surface area contributed by atoms with Crippen molar-refractivity contribution in [1.29, 1.82) is 0 Å². The molecule has 21 heavy (non-hydrogen) atoms. The van der Waals surface area contributed by atoms with Crippen LogP contribution in [-0.2, 0) is 9.53 Å². The van der Waals surface area contributed by atoms with Gasteiger partial charge in [0.15, 0.2) is 0 Å². The third-order valence-corrected chi connectivity index (χ3v) is 3.42. The van der Waals surface area contributed by atoms with Crippen molar-refractivity contribution in [3.05, 3.63) is 0 Å². The van der Waals surface area contributed by atoms with Crippen LogP contribution in [0.3, 0.4) is 0 Å². The maximum absolute atomic E-state index is 12.2. The molecular formula is C14H23F2NO4. The van der Waals surface area contributed by atoms with E-state index in [0.29, 0.717) is 6.42 Å². The van der Waals surface area contributed by atoms with E-state index < -0.39 is 30.1 Å². The predicted octanol–water partition coefficient (Wildman–Crippen LogP) is 3.13. The van der Waals surface area contributed by atoms with Gasteiger partial charge in [0.2, 0.25) is 6.43 Å². The van der Waals surface area contributed by atoms with Crippen molar-refractivity contribution in [1.82, 2.24) is 4.90 Å². The van der Waals surface area contributed by atoms with Crippen LogP contribution in [-0.4, -0.2) is 46.7 Å². The lowest BCUT2D eigenvalue weighted by atomic mass is 9.87. The molecule has 1 fully saturated rings. The number of likely N-dealkylation sites (tertiary alicyclic amines) is 1. The highest BCUT2D eigenvalue weighted by molar-refractivity contribution is 5.80. The van der Waals surface area contributed by atoms with Crippen molar-refractivity contribution >= 4 is 12.1 Å². The fourth-order valence-electron chi connectivity index (χ4n) is 2.44. The quantitative estimate of drug-likeness (QED) is 0.866. The average Bonchev–Trinajstić information content (AvgIpc) is 2.33. The smallest absolute Gasteiger partial charge is 0.411 e. The molecule has 1 saturated heterocycles. The van der Waals surface area contributed by atoms with Crippen molar-refractivity contribution in [2.75, 3.05) is 6.54 Å². The van der Waals surface area contributed by atoms with E-state index in [-0.39, 0.29) is 31.7 Å². The molecule has 2 unspecified atom stereocenters. The fraction of sp³-hybridized carbons (Fsp3) is 0.857. The molecule has 0 radical (unpaired) electrons. The Balaban J connectivity index is 2.66. The summed E-state index contributed by atoms with van der Waals surface area (Å²) in [6, 6.07) is -1.00. The van der Waals surface area contributed by atoms with E-state index in [1.54, 1.807) is 20.8 Å². The number of carbonyl (C=O) groups is 2. The van der Waals surface area contributed by atoms with Crippen LogP contribution >= 0.6 is 0 Å². The Labute approximate surface area is 123 Å². The van der Waals surface area contributed by atoms with Crippen LogP contribution in [0.4, 0.5) is 13.6 Å². The number of rotatable bonds is 4. The number of amides is 1. The number of nitrogens with zero attached hydrogens (tertiary/aromatic N) is 1. The summed E-state index contributed by atoms with van der Waals surface area (Å²) in [6.07, 6.45) is -2.27. The number of piperidine rings is 1. The number of aliphatic carboxylic acids is 1. The number of hydrogen-bond donors (Lipinski definition) is 1. The van der Waals surface area contributed by atoms with Gasteiger partial charge in [0, 0.05) is 13.0 Å². The van der Waals surface area contributed by atoms with Gasteiger partial charge >= 0.3 is 12.1 Å². The lowest BCUT2D eigenvalue weighted by molar-refractivity contribution is -0.145. The van der Waals surface area contributed by atoms with Crippen molar-refractivity contribution < 1.29 is 28.2 Å². The average molecular weight is 307 g/mol. The van der Waals surface area contributed by atoms with E-state index in [4.69, 9.17) is 4.74 Å². The van der Waals surface area contributed by atoms with Crippen LogP contribution in [0.5, 0.6) is 0 Å². The number of halogens is 2. The predicted molar refractivity (Wildman–Crippen MR) is 72.3 cm³/mol. The highest BCUT2D eigenvalue weighted by Crippen LogP contribution is 2.29. The summed E-state index contributed by atoms with van der Waals surface area (Å²) < 4.78 is 29.7. The lowest BCUT2D eigenvalue weighted by Gasteiger charge is -2.37. The highest BCUT2D eigenvalue weighted by atomic mass is 19.3. The van der Waals surface area contributed by atoms with Crippen LogP contribution in [0.2, 0.25) is 0 Å². The van der Waals surface area contributed by atoms with E-state index in [9.17, 15) is 23.5 Å². The summed E-state index contributed by atoms with van der Waals surface area (Å²) in [5.41, 5.74) is -0.702. The molecule has 0 bridgehead atoms. The topological polar surface area (TPSA) is 66.8 Å². The molecule has 2 atom stereocenters. The van der Waals surface area contributed by atoms with Gasteiger partial charge in [-0.1, -0.05) is 0 Å². The number of alkyl halides is 2. The molecule has 0 spiro atoms. The van der Waals surface area contributed by atoms with Gasteiger partial charge in [-0.3, -0.25) is 4.90 Å². The van der Waals surface area contributed by atoms with Gasteiger partial charge in [0.25, 0.3) is 0 Å². The SMILES string of the molecule is CC(C)(C)OC(=O)N1CCC(CCC(F)F)CC1C(=O)O. The molecule has 1 aliphatic heterocycles. The minimum atomic E-state index is -2.38. The number of carboxylic acid groups (broad SMARTS) is 1. The molecule has 0 saturated carbocycles. The third-order valence-electron chi connectivity index (χ3n) is 3.42. The van der Waals surface area contributed by atoms with Crippen LogP contribution in [0.1, 0.15) is 46.5 Å². The van der Waals surface area contributed by atoms with E-state index in [1.807, 2.05) is 0 Å². The van der Waals surface area contributed by atoms with Crippen LogP contribution in [0.15, 0.2) is 0 Å². The summed E-state index contributed by atoms with van der Waals surface area (Å²) in [5.74, 6) is -1.22. The van der Waals surface area contributed by atoms with Crippen molar-refractivity contribution in [3.63, 3.8) is 0 Å². The fourth-order valence-corrected chi connectivity index (χ4v) is 2.44. The van der Waals surface area contributed by atoms with Crippen molar-refractivity contribution in [2.45, 2.75) is 64.5 Å². The van der Waals surface area contributed by atoms with Gasteiger partial charge in [0.05, 0.1) is 0 Å². The van der Waals surface area contributed by atoms with E-state index in [1.165, 1.54) is 4.90 Å². The third kappa shape index (κ3) is 5.85. The Morgan fingerprint density at radius 3 is 2.48 bits per heavy atom. The van der Waals surface area contributed by atoms with Gasteiger partial charge in [0.1, 0.15) is 11.6 Å². The molecule has 122 valence electrons. The van der Waals surface area contributed by atoms with Gasteiger partial charge < -0.3 is 9.84 Å². The normalized spacial score (nSPS) is 23.2. The summed E-state index contributed by atoms with van der Waals surface area (Å²) in [4.78, 5) is 24.5. The largest absolute Gasteiger partial charge is 0.480 e. The second-order valence-corrected chi connectivity index (χ2v) is 6.39. The maximum atomic E-state index is 12.2. The molecule has 1 heterocycles. The molecular weight excluding hydrogens is 284 g/mol. The van der Waals surface area contributed by atoms with Crippen molar-refractivity contribution in [2.24, 2.45) is 5.92 Å². The Morgan fingerprint density at radius 2 is 2.00 bits per heavy atom. The summed E-state index contributed by atoms with van der Waals surface area (Å²) in [6.45, 7) is 5.34. The van der Waals surface area contributed by atoms with Crippen LogP contribution < -0.4 is 0 Å². The molecule has 0 aliphatic carbocycles. The highest BCUT2D eigenvalue weighted by Gasteiger charge is 2.38. The molecule has 0 aromatic carbocycles. The summed E-state index contributed by atoms with van der Waals surface area (Å²) >= 11 is 0. The molecule has 1 amide bonds. The zero-order valence-electron chi connectivity index (χ0n) is 12.6. The first-order valence-electron chi connectivity index (χ1n) is 7.10. The number of hydrogen-bond acceptors (Lipinski definition) is 3. The first kappa shape index (κ1) is 17.7. The van der Waals surface area contributed by atoms with Gasteiger partial charge in [-0.05, 0) is 46.0 Å². The van der Waals surface area contributed by atoms with Gasteiger partial charge in [-0.2, -0.15) is 0 Å². The second-order valence-electron chi connectivity index (χ2n) is 6.39. The molecule has 0 aromatic rings. The molecule has 0 aromatic heterocycles. The molecule has 1 N–H and O–H groups in total. The minimum Gasteiger partial charge on any atom is -0.480 e. The standard InChI is InChI=1S/C14H23F2NO4/c1-14(2,3)21-13(20)17-7-6-9(4-5-11(15)16)8-10(17)12(18)19/h9-11H,4-8H2,1-3H3,(H,18,19). The first-order chi connectivity index (χ1) is 9.60. The monoisotopic (exact) mass is 307 g/mol. The molecule has 7 heteroatoms. The molecule has 1 aliphatic rings. The Bertz CT molecular complexity index is 382. The molecule has 1 rings (SSSR count). The van der Waals surface area contributed by atoms with Crippen molar-refractivity contribution in [3.8, 4) is 0 Å². The Morgan fingerprint density at radius 1 is 1.38 bits per heavy atom. The van der Waals surface area contributed by atoms with E-state index >= 15 is 0 Å². The Hall–Kier alpha value is -1.40. The lowest BCUT2D eigenvalue weighted by Crippen LogP contribution is -2.51. The summed E-state index contributed by atoms with van der Waals surface area (Å²) in [7, 11) is 0. The second kappa shape index (κ2) is 7.04. The van der Waals surface area contributed by atoms with Crippen LogP contribution in [0, 0.1) is 5.92 Å². The number of carbonyl (C=O) groups excluding carboxylic acids is 1. The number of ether oxygens (including phenoxy) is 1. The minimum absolute atomic E-state index is 0.0983. The Kier molecular flexibility index (Phi) is 5.92. The zero-order chi connectivity index (χ0) is 16.2. The van der Waals surface area contributed by atoms with E-state index in [2.05, 4.69) is 0 Å². The van der Waals surface area contributed by atoms with Crippen LogP contribution in [0.25, 0.3) is 0 Å². The summed E-state index contributed by atoms with van der Waals surface area (Å²) in [5, 5.41) is 9.25. The maximum Gasteiger partial charge on any atom is 0.411 e. The molecule has 5 nitrogen and oxygen atoms in total.